The number of hydrogen-bond acceptors (Lipinski definition) is 4. The van der Waals surface area contributed by atoms with Crippen LogP contribution in [0.2, 0.25) is 0 Å². The van der Waals surface area contributed by atoms with Crippen molar-refractivity contribution in [2.24, 2.45) is 0 Å². The van der Waals surface area contributed by atoms with E-state index in [1.165, 1.54) is 4.90 Å². The lowest BCUT2D eigenvalue weighted by Gasteiger charge is -2.30. The van der Waals surface area contributed by atoms with Gasteiger partial charge >= 0.3 is 0 Å². The molecule has 1 aromatic heterocycles. The number of pyridine rings is 1. The summed E-state index contributed by atoms with van der Waals surface area (Å²) < 4.78 is 5.55. The number of fused-ring (bicyclic) bond motifs is 1. The lowest BCUT2D eigenvalue weighted by atomic mass is 10.1. The molecule has 1 atom stereocenters. The summed E-state index contributed by atoms with van der Waals surface area (Å²) in [7, 11) is 1.68. The van der Waals surface area contributed by atoms with Gasteiger partial charge in [-0.25, -0.2) is 0 Å². The molecule has 118 valence electrons. The Bertz CT molecular complexity index is 746. The van der Waals surface area contributed by atoms with E-state index in [2.05, 4.69) is 10.3 Å². The predicted octanol–water partition coefficient (Wildman–Crippen LogP) is 1.76. The van der Waals surface area contributed by atoms with E-state index in [1.807, 2.05) is 12.1 Å². The van der Waals surface area contributed by atoms with Crippen LogP contribution < -0.4 is 15.0 Å². The van der Waals surface area contributed by atoms with Crippen LogP contribution in [0.1, 0.15) is 22.8 Å². The van der Waals surface area contributed by atoms with Crippen LogP contribution in [-0.4, -0.2) is 29.9 Å². The van der Waals surface area contributed by atoms with Crippen LogP contribution in [0, 0.1) is 0 Å². The number of anilines is 1. The molecule has 6 nitrogen and oxygen atoms in total. The Morgan fingerprint density at radius 1 is 1.30 bits per heavy atom. The number of carbonyl (C=O) groups excluding carboxylic acids is 2. The number of nitrogens with zero attached hydrogens (tertiary/aromatic N) is 2. The van der Waals surface area contributed by atoms with Gasteiger partial charge in [-0.05, 0) is 42.8 Å². The first kappa shape index (κ1) is 15.0. The molecule has 0 aliphatic carbocycles. The topological polar surface area (TPSA) is 71.5 Å². The summed E-state index contributed by atoms with van der Waals surface area (Å²) in [5, 5.41) is 2.85. The number of hydrogen-bond donors (Lipinski definition) is 1. The quantitative estimate of drug-likeness (QED) is 0.937. The second-order valence-corrected chi connectivity index (χ2v) is 5.38. The van der Waals surface area contributed by atoms with E-state index in [1.54, 1.807) is 44.6 Å². The number of carbonyl (C=O) groups is 2. The zero-order valence-corrected chi connectivity index (χ0v) is 12.9. The van der Waals surface area contributed by atoms with Gasteiger partial charge in [0.25, 0.3) is 11.8 Å². The smallest absolute Gasteiger partial charge is 0.267 e. The minimum atomic E-state index is -0.515. The Kier molecular flexibility index (Phi) is 3.97. The van der Waals surface area contributed by atoms with Gasteiger partial charge in [0.15, 0.2) is 6.10 Å². The van der Waals surface area contributed by atoms with E-state index in [-0.39, 0.29) is 11.8 Å². The third-order valence-electron chi connectivity index (χ3n) is 3.77. The summed E-state index contributed by atoms with van der Waals surface area (Å²) in [5.74, 6) is 0.265. The highest BCUT2D eigenvalue weighted by Gasteiger charge is 2.29. The number of likely N-dealkylation sites (N-methyl/N-ethyl adjacent to an activating group) is 1. The van der Waals surface area contributed by atoms with Crippen molar-refractivity contribution in [3.63, 3.8) is 0 Å². The third kappa shape index (κ3) is 3.01. The Balaban J connectivity index is 1.76. The van der Waals surface area contributed by atoms with E-state index in [4.69, 9.17) is 4.74 Å². The zero-order chi connectivity index (χ0) is 16.4. The van der Waals surface area contributed by atoms with E-state index >= 15 is 0 Å². The van der Waals surface area contributed by atoms with Gasteiger partial charge in [-0.3, -0.25) is 14.6 Å². The fourth-order valence-corrected chi connectivity index (χ4v) is 2.44. The highest BCUT2D eigenvalue weighted by Crippen LogP contribution is 2.33. The van der Waals surface area contributed by atoms with E-state index in [9.17, 15) is 9.59 Å². The van der Waals surface area contributed by atoms with Gasteiger partial charge in [-0.15, -0.1) is 0 Å². The van der Waals surface area contributed by atoms with Gasteiger partial charge in [0.1, 0.15) is 5.75 Å². The van der Waals surface area contributed by atoms with Crippen molar-refractivity contribution in [3.8, 4) is 5.75 Å². The van der Waals surface area contributed by atoms with Gasteiger partial charge in [0.2, 0.25) is 0 Å². The van der Waals surface area contributed by atoms with Crippen molar-refractivity contribution in [3.05, 3.63) is 53.9 Å². The van der Waals surface area contributed by atoms with Gasteiger partial charge in [-0.2, -0.15) is 0 Å². The molecule has 1 unspecified atom stereocenters. The molecule has 6 heteroatoms. The molecule has 0 radical (unpaired) electrons. The molecule has 1 aromatic carbocycles. The van der Waals surface area contributed by atoms with Crippen molar-refractivity contribution in [2.45, 2.75) is 19.6 Å². The van der Waals surface area contributed by atoms with Crippen LogP contribution in [0.15, 0.2) is 42.7 Å². The molecule has 2 heterocycles. The first-order valence-corrected chi connectivity index (χ1v) is 7.31. The van der Waals surface area contributed by atoms with Crippen LogP contribution in [0.25, 0.3) is 0 Å². The maximum Gasteiger partial charge on any atom is 0.267 e. The summed E-state index contributed by atoms with van der Waals surface area (Å²) in [5.41, 5.74) is 2.05. The molecular formula is C17H17N3O3. The first-order valence-electron chi connectivity index (χ1n) is 7.31. The molecule has 1 N–H and O–H groups in total. The van der Waals surface area contributed by atoms with Crippen LogP contribution in [0.5, 0.6) is 5.75 Å². The van der Waals surface area contributed by atoms with Gasteiger partial charge in [0, 0.05) is 31.5 Å². The van der Waals surface area contributed by atoms with Gasteiger partial charge in [0.05, 0.1) is 5.69 Å². The largest absolute Gasteiger partial charge is 0.479 e. The molecule has 3 rings (SSSR count). The van der Waals surface area contributed by atoms with Crippen LogP contribution in [0.3, 0.4) is 0 Å². The Labute approximate surface area is 134 Å². The highest BCUT2D eigenvalue weighted by atomic mass is 16.5. The highest BCUT2D eigenvalue weighted by molar-refractivity contribution is 6.02. The second kappa shape index (κ2) is 6.08. The molecule has 0 spiro atoms. The first-order chi connectivity index (χ1) is 11.1. The summed E-state index contributed by atoms with van der Waals surface area (Å²) in [6, 6.07) is 8.76. The molecule has 0 bridgehead atoms. The second-order valence-electron chi connectivity index (χ2n) is 5.38. The molecule has 2 amide bonds. The summed E-state index contributed by atoms with van der Waals surface area (Å²) in [6.45, 7) is 2.12. The molecule has 2 aromatic rings. The Morgan fingerprint density at radius 2 is 2.04 bits per heavy atom. The van der Waals surface area contributed by atoms with Gasteiger partial charge in [-0.1, -0.05) is 0 Å². The maximum absolute atomic E-state index is 12.3. The summed E-state index contributed by atoms with van der Waals surface area (Å²) in [6.07, 6.45) is 2.85. The minimum absolute atomic E-state index is 0.133. The molecule has 23 heavy (non-hydrogen) atoms. The van der Waals surface area contributed by atoms with Crippen LogP contribution in [0.4, 0.5) is 5.69 Å². The maximum atomic E-state index is 12.3. The number of ether oxygens (including phenoxy) is 1. The van der Waals surface area contributed by atoms with Gasteiger partial charge < -0.3 is 15.0 Å². The van der Waals surface area contributed by atoms with Crippen molar-refractivity contribution in [1.29, 1.82) is 0 Å². The van der Waals surface area contributed by atoms with Crippen molar-refractivity contribution in [1.82, 2.24) is 10.3 Å². The SMILES string of the molecule is CC1Oc2ccc(C(=O)NCc3ccncc3)cc2N(C)C1=O. The fourth-order valence-electron chi connectivity index (χ4n) is 2.44. The third-order valence-corrected chi connectivity index (χ3v) is 3.77. The molecular weight excluding hydrogens is 294 g/mol. The minimum Gasteiger partial charge on any atom is -0.479 e. The predicted molar refractivity (Wildman–Crippen MR) is 85.3 cm³/mol. The lowest BCUT2D eigenvalue weighted by molar-refractivity contribution is -0.125. The molecule has 1 aliphatic rings. The van der Waals surface area contributed by atoms with Crippen molar-refractivity contribution < 1.29 is 14.3 Å². The van der Waals surface area contributed by atoms with Crippen molar-refractivity contribution in [2.75, 3.05) is 11.9 Å². The molecule has 0 saturated heterocycles. The van der Waals surface area contributed by atoms with Crippen LogP contribution >= 0.6 is 0 Å². The summed E-state index contributed by atoms with van der Waals surface area (Å²) in [4.78, 5) is 29.7. The zero-order valence-electron chi connectivity index (χ0n) is 12.9. The molecule has 1 aliphatic heterocycles. The van der Waals surface area contributed by atoms with Crippen LogP contribution in [-0.2, 0) is 11.3 Å². The standard InChI is InChI=1S/C17H17N3O3/c1-11-17(22)20(2)14-9-13(3-4-15(14)23-11)16(21)19-10-12-5-7-18-8-6-12/h3-9,11H,10H2,1-2H3,(H,19,21). The lowest BCUT2D eigenvalue weighted by Crippen LogP contribution is -2.42. The van der Waals surface area contributed by atoms with E-state index in [0.717, 1.165) is 5.56 Å². The number of nitrogens with one attached hydrogen (secondary N) is 1. The molecule has 0 fully saturated rings. The summed E-state index contributed by atoms with van der Waals surface area (Å²) >= 11 is 0. The normalized spacial score (nSPS) is 16.5. The monoisotopic (exact) mass is 311 g/mol. The van der Waals surface area contributed by atoms with Crippen molar-refractivity contribution >= 4 is 17.5 Å². The molecule has 0 saturated carbocycles. The Hall–Kier alpha value is -2.89. The fraction of sp³-hybridized carbons (Fsp3) is 0.235. The average molecular weight is 311 g/mol. The number of amides is 2. The average Bonchev–Trinajstić information content (AvgIpc) is 2.58. The van der Waals surface area contributed by atoms with E-state index in [0.29, 0.717) is 23.5 Å². The number of benzene rings is 1. The Morgan fingerprint density at radius 3 is 2.78 bits per heavy atom. The number of rotatable bonds is 3. The van der Waals surface area contributed by atoms with E-state index < -0.39 is 6.10 Å². The number of aromatic nitrogens is 1.